The predicted octanol–water partition coefficient (Wildman–Crippen LogP) is 2.83. The largest absolute Gasteiger partial charge is 0.382 e. The van der Waals surface area contributed by atoms with Crippen LogP contribution in [-0.2, 0) is 4.74 Å². The maximum Gasteiger partial charge on any atom is 0.0477 e. The van der Waals surface area contributed by atoms with E-state index in [0.717, 1.165) is 44.1 Å². The van der Waals surface area contributed by atoms with E-state index in [2.05, 4.69) is 26.1 Å². The van der Waals surface area contributed by atoms with Gasteiger partial charge < -0.3 is 10.1 Å². The van der Waals surface area contributed by atoms with E-state index in [-0.39, 0.29) is 0 Å². The Hall–Kier alpha value is -0.0800. The standard InChI is InChI=1S/C13H27NO/c1-4-15-7-5-6-14-13-9-11(2)8-12(3)10-13/h11-14H,4-10H2,1-3H3/t11-,12+,13?. The molecular formula is C13H27NO. The Kier molecular flexibility index (Phi) is 6.26. The van der Waals surface area contributed by atoms with Crippen molar-refractivity contribution < 1.29 is 4.74 Å². The summed E-state index contributed by atoms with van der Waals surface area (Å²) in [6.07, 6.45) is 5.28. The Labute approximate surface area is 94.8 Å². The minimum atomic E-state index is 0.755. The fourth-order valence-electron chi connectivity index (χ4n) is 2.74. The molecule has 1 unspecified atom stereocenters. The smallest absolute Gasteiger partial charge is 0.0477 e. The van der Waals surface area contributed by atoms with Crippen LogP contribution in [0.1, 0.15) is 46.5 Å². The lowest BCUT2D eigenvalue weighted by Crippen LogP contribution is -2.37. The van der Waals surface area contributed by atoms with E-state index < -0.39 is 0 Å². The van der Waals surface area contributed by atoms with E-state index in [1.54, 1.807) is 0 Å². The van der Waals surface area contributed by atoms with Crippen LogP contribution in [0.2, 0.25) is 0 Å². The van der Waals surface area contributed by atoms with E-state index in [1.807, 2.05) is 0 Å². The zero-order chi connectivity index (χ0) is 11.1. The highest BCUT2D eigenvalue weighted by molar-refractivity contribution is 4.79. The zero-order valence-electron chi connectivity index (χ0n) is 10.6. The summed E-state index contributed by atoms with van der Waals surface area (Å²) >= 11 is 0. The molecule has 0 bridgehead atoms. The van der Waals surface area contributed by atoms with Gasteiger partial charge in [-0.1, -0.05) is 13.8 Å². The van der Waals surface area contributed by atoms with Gasteiger partial charge in [-0.25, -0.2) is 0 Å². The molecule has 0 aliphatic heterocycles. The molecule has 1 rings (SSSR count). The van der Waals surface area contributed by atoms with Gasteiger partial charge in [-0.3, -0.25) is 0 Å². The second kappa shape index (κ2) is 7.24. The van der Waals surface area contributed by atoms with Crippen LogP contribution in [0.25, 0.3) is 0 Å². The zero-order valence-corrected chi connectivity index (χ0v) is 10.6. The van der Waals surface area contributed by atoms with Crippen molar-refractivity contribution in [3.05, 3.63) is 0 Å². The van der Waals surface area contributed by atoms with Gasteiger partial charge in [0, 0.05) is 19.3 Å². The van der Waals surface area contributed by atoms with Crippen molar-refractivity contribution >= 4 is 0 Å². The summed E-state index contributed by atoms with van der Waals surface area (Å²) in [6, 6.07) is 0.755. The van der Waals surface area contributed by atoms with Gasteiger partial charge in [-0.05, 0) is 51.0 Å². The first-order chi connectivity index (χ1) is 7.22. The SMILES string of the molecule is CCOCCCNC1C[C@@H](C)C[C@@H](C)C1. The predicted molar refractivity (Wildman–Crippen MR) is 65.1 cm³/mol. The number of ether oxygens (including phenoxy) is 1. The molecule has 2 heteroatoms. The van der Waals surface area contributed by atoms with Crippen LogP contribution in [-0.4, -0.2) is 25.8 Å². The molecule has 3 atom stereocenters. The van der Waals surface area contributed by atoms with Gasteiger partial charge >= 0.3 is 0 Å². The highest BCUT2D eigenvalue weighted by atomic mass is 16.5. The maximum atomic E-state index is 5.33. The van der Waals surface area contributed by atoms with Crippen molar-refractivity contribution in [2.24, 2.45) is 11.8 Å². The summed E-state index contributed by atoms with van der Waals surface area (Å²) in [5.74, 6) is 1.80. The second-order valence-corrected chi connectivity index (χ2v) is 5.12. The first kappa shape index (κ1) is 13.0. The van der Waals surface area contributed by atoms with E-state index in [4.69, 9.17) is 4.74 Å². The molecule has 1 saturated carbocycles. The average Bonchev–Trinajstić information content (AvgIpc) is 2.16. The summed E-state index contributed by atoms with van der Waals surface area (Å²) in [6.45, 7) is 9.68. The molecule has 90 valence electrons. The minimum absolute atomic E-state index is 0.755. The van der Waals surface area contributed by atoms with Crippen molar-refractivity contribution in [2.45, 2.75) is 52.5 Å². The van der Waals surface area contributed by atoms with Crippen molar-refractivity contribution in [3.63, 3.8) is 0 Å². The van der Waals surface area contributed by atoms with E-state index in [9.17, 15) is 0 Å². The molecule has 1 N–H and O–H groups in total. The van der Waals surface area contributed by atoms with Crippen LogP contribution >= 0.6 is 0 Å². The topological polar surface area (TPSA) is 21.3 Å². The molecule has 2 nitrogen and oxygen atoms in total. The molecule has 0 radical (unpaired) electrons. The van der Waals surface area contributed by atoms with E-state index >= 15 is 0 Å². The number of hydrogen-bond donors (Lipinski definition) is 1. The molecule has 0 saturated heterocycles. The summed E-state index contributed by atoms with van der Waals surface area (Å²) in [7, 11) is 0. The van der Waals surface area contributed by atoms with Gasteiger partial charge in [-0.2, -0.15) is 0 Å². The lowest BCUT2D eigenvalue weighted by Gasteiger charge is -2.32. The van der Waals surface area contributed by atoms with Crippen molar-refractivity contribution in [3.8, 4) is 0 Å². The molecule has 0 spiro atoms. The Balaban J connectivity index is 2.04. The average molecular weight is 213 g/mol. The van der Waals surface area contributed by atoms with Crippen LogP contribution in [0.15, 0.2) is 0 Å². The fraction of sp³-hybridized carbons (Fsp3) is 1.00. The van der Waals surface area contributed by atoms with Crippen LogP contribution in [0.3, 0.4) is 0 Å². The Morgan fingerprint density at radius 2 is 1.80 bits per heavy atom. The maximum absolute atomic E-state index is 5.33. The lowest BCUT2D eigenvalue weighted by molar-refractivity contribution is 0.142. The highest BCUT2D eigenvalue weighted by Crippen LogP contribution is 2.28. The van der Waals surface area contributed by atoms with Gasteiger partial charge in [0.25, 0.3) is 0 Å². The molecule has 0 aromatic heterocycles. The summed E-state index contributed by atoms with van der Waals surface area (Å²) < 4.78 is 5.33. The third-order valence-electron chi connectivity index (χ3n) is 3.28. The summed E-state index contributed by atoms with van der Waals surface area (Å²) in [5.41, 5.74) is 0. The Bertz CT molecular complexity index is 151. The Morgan fingerprint density at radius 1 is 1.13 bits per heavy atom. The normalized spacial score (nSPS) is 31.8. The molecule has 0 aromatic rings. The van der Waals surface area contributed by atoms with Gasteiger partial charge in [-0.15, -0.1) is 0 Å². The quantitative estimate of drug-likeness (QED) is 0.685. The van der Waals surface area contributed by atoms with E-state index in [1.165, 1.54) is 19.3 Å². The first-order valence-corrected chi connectivity index (χ1v) is 6.53. The van der Waals surface area contributed by atoms with Crippen LogP contribution < -0.4 is 5.32 Å². The van der Waals surface area contributed by atoms with Gasteiger partial charge in [0.15, 0.2) is 0 Å². The molecule has 15 heavy (non-hydrogen) atoms. The number of rotatable bonds is 6. The van der Waals surface area contributed by atoms with Crippen LogP contribution in [0, 0.1) is 11.8 Å². The monoisotopic (exact) mass is 213 g/mol. The molecule has 0 aromatic carbocycles. The fourth-order valence-corrected chi connectivity index (χ4v) is 2.74. The van der Waals surface area contributed by atoms with Gasteiger partial charge in [0.2, 0.25) is 0 Å². The van der Waals surface area contributed by atoms with Gasteiger partial charge in [0.05, 0.1) is 0 Å². The molecular weight excluding hydrogens is 186 g/mol. The van der Waals surface area contributed by atoms with Gasteiger partial charge in [0.1, 0.15) is 0 Å². The van der Waals surface area contributed by atoms with E-state index in [0.29, 0.717) is 0 Å². The third kappa shape index (κ3) is 5.53. The third-order valence-corrected chi connectivity index (χ3v) is 3.28. The molecule has 1 aliphatic carbocycles. The molecule has 1 fully saturated rings. The van der Waals surface area contributed by atoms with Crippen molar-refractivity contribution in [1.29, 1.82) is 0 Å². The molecule has 0 amide bonds. The molecule has 0 heterocycles. The van der Waals surface area contributed by atoms with Crippen molar-refractivity contribution in [2.75, 3.05) is 19.8 Å². The lowest BCUT2D eigenvalue weighted by atomic mass is 9.80. The Morgan fingerprint density at radius 3 is 2.40 bits per heavy atom. The summed E-state index contributed by atoms with van der Waals surface area (Å²) in [4.78, 5) is 0. The second-order valence-electron chi connectivity index (χ2n) is 5.12. The highest BCUT2D eigenvalue weighted by Gasteiger charge is 2.22. The number of nitrogens with one attached hydrogen (secondary N) is 1. The van der Waals surface area contributed by atoms with Crippen LogP contribution in [0.5, 0.6) is 0 Å². The van der Waals surface area contributed by atoms with Crippen LogP contribution in [0.4, 0.5) is 0 Å². The molecule has 1 aliphatic rings. The minimum Gasteiger partial charge on any atom is -0.382 e. The first-order valence-electron chi connectivity index (χ1n) is 6.53. The van der Waals surface area contributed by atoms with Crippen molar-refractivity contribution in [1.82, 2.24) is 5.32 Å². The summed E-state index contributed by atoms with van der Waals surface area (Å²) in [5, 5.41) is 3.66. The number of hydrogen-bond acceptors (Lipinski definition) is 2.